The molecule has 4 rings (SSSR count). The number of nitrogens with zero attached hydrogens (tertiary/aromatic N) is 5. The second kappa shape index (κ2) is 6.77. The summed E-state index contributed by atoms with van der Waals surface area (Å²) in [6.45, 7) is 6.17. The van der Waals surface area contributed by atoms with Crippen LogP contribution in [0.3, 0.4) is 0 Å². The summed E-state index contributed by atoms with van der Waals surface area (Å²) in [5.41, 5.74) is 3.02. The lowest BCUT2D eigenvalue weighted by atomic mass is 10.1. The Hall–Kier alpha value is -2.14. The van der Waals surface area contributed by atoms with Crippen LogP contribution in [0.25, 0.3) is 16.9 Å². The zero-order valence-electron chi connectivity index (χ0n) is 14.1. The van der Waals surface area contributed by atoms with Gasteiger partial charge in [0.05, 0.1) is 11.2 Å². The van der Waals surface area contributed by atoms with Crippen LogP contribution in [0.15, 0.2) is 30.3 Å². The first-order chi connectivity index (χ1) is 11.2. The van der Waals surface area contributed by atoms with Crippen LogP contribution in [0.4, 0.5) is 5.82 Å². The molecule has 0 N–H and O–H groups in total. The molecule has 24 heavy (non-hydrogen) atoms. The second-order valence-corrected chi connectivity index (χ2v) is 6.25. The number of hydrogen-bond acceptors (Lipinski definition) is 4. The number of hydrogen-bond donors (Lipinski definition) is 0. The van der Waals surface area contributed by atoms with Crippen molar-refractivity contribution in [3.8, 4) is 5.95 Å². The van der Waals surface area contributed by atoms with Crippen LogP contribution in [0.2, 0.25) is 0 Å². The predicted molar refractivity (Wildman–Crippen MR) is 99.4 cm³/mol. The summed E-state index contributed by atoms with van der Waals surface area (Å²) >= 11 is 0. The Labute approximate surface area is 148 Å². The fourth-order valence-corrected chi connectivity index (χ4v) is 3.32. The van der Waals surface area contributed by atoms with E-state index in [0.29, 0.717) is 5.95 Å². The highest BCUT2D eigenvalue weighted by molar-refractivity contribution is 5.90. The summed E-state index contributed by atoms with van der Waals surface area (Å²) in [5.74, 6) is 1.70. The van der Waals surface area contributed by atoms with Crippen LogP contribution < -0.4 is 4.90 Å². The smallest absolute Gasteiger partial charge is 0.253 e. The van der Waals surface area contributed by atoms with Gasteiger partial charge in [-0.1, -0.05) is 12.1 Å². The van der Waals surface area contributed by atoms with Crippen molar-refractivity contribution < 1.29 is 0 Å². The van der Waals surface area contributed by atoms with E-state index in [-0.39, 0.29) is 12.4 Å². The molecule has 0 saturated carbocycles. The SMILES string of the molecule is Cc1cc(C)n(-c2nc(N3CCCCC3)c3ccccc3n2)n1.Cl. The van der Waals surface area contributed by atoms with E-state index in [1.807, 2.05) is 24.6 Å². The molecule has 3 heterocycles. The minimum Gasteiger partial charge on any atom is -0.356 e. The first-order valence-electron chi connectivity index (χ1n) is 8.28. The van der Waals surface area contributed by atoms with E-state index in [2.05, 4.69) is 34.3 Å². The molecule has 126 valence electrons. The molecule has 3 aromatic rings. The van der Waals surface area contributed by atoms with Crippen LogP contribution in [-0.4, -0.2) is 32.8 Å². The first-order valence-corrected chi connectivity index (χ1v) is 8.28. The lowest BCUT2D eigenvalue weighted by Gasteiger charge is -2.28. The van der Waals surface area contributed by atoms with Gasteiger partial charge in [-0.25, -0.2) is 9.67 Å². The molecule has 0 aliphatic carbocycles. The number of fused-ring (bicyclic) bond motifs is 1. The molecule has 1 aliphatic heterocycles. The summed E-state index contributed by atoms with van der Waals surface area (Å²) < 4.78 is 1.84. The van der Waals surface area contributed by atoms with E-state index in [9.17, 15) is 0 Å². The van der Waals surface area contributed by atoms with E-state index in [1.54, 1.807) is 0 Å². The Morgan fingerprint density at radius 1 is 0.958 bits per heavy atom. The van der Waals surface area contributed by atoms with Gasteiger partial charge in [-0.3, -0.25) is 0 Å². The zero-order chi connectivity index (χ0) is 15.8. The van der Waals surface area contributed by atoms with Gasteiger partial charge >= 0.3 is 0 Å². The van der Waals surface area contributed by atoms with Crippen LogP contribution in [0.1, 0.15) is 30.7 Å². The molecule has 0 spiro atoms. The van der Waals surface area contributed by atoms with Gasteiger partial charge < -0.3 is 4.90 Å². The molecule has 2 aromatic heterocycles. The standard InChI is InChI=1S/C18H21N5.ClH/c1-13-12-14(2)23(21-13)18-19-16-9-5-4-8-15(16)17(20-18)22-10-6-3-7-11-22;/h4-5,8-9,12H,3,6-7,10-11H2,1-2H3;1H. The maximum absolute atomic E-state index is 4.88. The monoisotopic (exact) mass is 343 g/mol. The first kappa shape index (κ1) is 16.7. The maximum atomic E-state index is 4.88. The fraction of sp³-hybridized carbons (Fsp3) is 0.389. The van der Waals surface area contributed by atoms with Gasteiger partial charge in [0.1, 0.15) is 5.82 Å². The van der Waals surface area contributed by atoms with Gasteiger partial charge in [0.2, 0.25) is 0 Å². The normalized spacial score (nSPS) is 14.7. The van der Waals surface area contributed by atoms with Crippen molar-refractivity contribution in [2.24, 2.45) is 0 Å². The topological polar surface area (TPSA) is 46.8 Å². The quantitative estimate of drug-likeness (QED) is 0.709. The number of rotatable bonds is 2. The minimum atomic E-state index is 0. The Balaban J connectivity index is 0.00000169. The minimum absolute atomic E-state index is 0. The Morgan fingerprint density at radius 2 is 1.71 bits per heavy atom. The molecule has 1 fully saturated rings. The molecule has 1 aromatic carbocycles. The average Bonchev–Trinajstić information content (AvgIpc) is 2.93. The van der Waals surface area contributed by atoms with Crippen LogP contribution in [0.5, 0.6) is 0 Å². The van der Waals surface area contributed by atoms with E-state index < -0.39 is 0 Å². The largest absolute Gasteiger partial charge is 0.356 e. The highest BCUT2D eigenvalue weighted by atomic mass is 35.5. The van der Waals surface area contributed by atoms with Gasteiger partial charge in [-0.15, -0.1) is 12.4 Å². The van der Waals surface area contributed by atoms with Gasteiger partial charge in [0.15, 0.2) is 0 Å². The number of benzene rings is 1. The summed E-state index contributed by atoms with van der Waals surface area (Å²) in [5, 5.41) is 5.67. The summed E-state index contributed by atoms with van der Waals surface area (Å²) in [4.78, 5) is 12.0. The van der Waals surface area contributed by atoms with Crippen molar-refractivity contribution in [3.05, 3.63) is 41.7 Å². The zero-order valence-corrected chi connectivity index (χ0v) is 14.9. The van der Waals surface area contributed by atoms with E-state index in [4.69, 9.17) is 9.97 Å². The second-order valence-electron chi connectivity index (χ2n) is 6.25. The van der Waals surface area contributed by atoms with Crippen LogP contribution in [-0.2, 0) is 0 Å². The van der Waals surface area contributed by atoms with Crippen molar-refractivity contribution in [2.75, 3.05) is 18.0 Å². The fourth-order valence-electron chi connectivity index (χ4n) is 3.32. The van der Waals surface area contributed by atoms with Crippen molar-refractivity contribution in [1.29, 1.82) is 0 Å². The van der Waals surface area contributed by atoms with Gasteiger partial charge in [-0.05, 0) is 51.3 Å². The molecule has 1 saturated heterocycles. The molecule has 0 radical (unpaired) electrons. The summed E-state index contributed by atoms with van der Waals surface area (Å²) in [6, 6.07) is 10.3. The van der Waals surface area contributed by atoms with Gasteiger partial charge in [-0.2, -0.15) is 10.1 Å². The van der Waals surface area contributed by atoms with Gasteiger partial charge in [0.25, 0.3) is 5.95 Å². The van der Waals surface area contributed by atoms with Gasteiger partial charge in [0, 0.05) is 24.2 Å². The molecule has 0 unspecified atom stereocenters. The van der Waals surface area contributed by atoms with Crippen LogP contribution in [0, 0.1) is 13.8 Å². The molecule has 0 bridgehead atoms. The number of aryl methyl sites for hydroxylation is 2. The van der Waals surface area contributed by atoms with Crippen LogP contribution >= 0.6 is 12.4 Å². The molecular formula is C18H22ClN5. The lowest BCUT2D eigenvalue weighted by molar-refractivity contribution is 0.573. The number of para-hydroxylation sites is 1. The third-order valence-corrected chi connectivity index (χ3v) is 4.43. The summed E-state index contributed by atoms with van der Waals surface area (Å²) in [6.07, 6.45) is 3.77. The van der Waals surface area contributed by atoms with Crippen molar-refractivity contribution in [2.45, 2.75) is 33.1 Å². The highest BCUT2D eigenvalue weighted by Gasteiger charge is 2.18. The number of piperidine rings is 1. The average molecular weight is 344 g/mol. The third kappa shape index (κ3) is 2.96. The molecule has 1 aliphatic rings. The molecular weight excluding hydrogens is 322 g/mol. The number of halogens is 1. The molecule has 5 nitrogen and oxygen atoms in total. The third-order valence-electron chi connectivity index (χ3n) is 4.43. The lowest BCUT2D eigenvalue weighted by Crippen LogP contribution is -2.30. The van der Waals surface area contributed by atoms with Crippen molar-refractivity contribution >= 4 is 29.1 Å². The molecule has 0 atom stereocenters. The Morgan fingerprint density at radius 3 is 2.42 bits per heavy atom. The maximum Gasteiger partial charge on any atom is 0.253 e. The van der Waals surface area contributed by atoms with E-state index in [0.717, 1.165) is 41.2 Å². The predicted octanol–water partition coefficient (Wildman–Crippen LogP) is 3.84. The summed E-state index contributed by atoms with van der Waals surface area (Å²) in [7, 11) is 0. The number of aromatic nitrogens is 4. The van der Waals surface area contributed by atoms with E-state index >= 15 is 0 Å². The highest BCUT2D eigenvalue weighted by Crippen LogP contribution is 2.27. The van der Waals surface area contributed by atoms with E-state index in [1.165, 1.54) is 19.3 Å². The Kier molecular flexibility index (Phi) is 4.71. The molecule has 0 amide bonds. The van der Waals surface area contributed by atoms with Crippen molar-refractivity contribution in [1.82, 2.24) is 19.7 Å². The molecule has 6 heteroatoms. The number of anilines is 1. The van der Waals surface area contributed by atoms with Crippen molar-refractivity contribution in [3.63, 3.8) is 0 Å². The Bertz CT molecular complexity index is 852.